The van der Waals surface area contributed by atoms with Crippen LogP contribution in [0.25, 0.3) is 43.1 Å². The second-order valence-corrected chi connectivity index (χ2v) is 22.3. The summed E-state index contributed by atoms with van der Waals surface area (Å²) in [5.74, 6) is 2.62. The first-order valence-electron chi connectivity index (χ1n) is 32.0. The van der Waals surface area contributed by atoms with Crippen LogP contribution in [0.3, 0.4) is 0 Å². The molecule has 562 valence electrons. The van der Waals surface area contributed by atoms with Gasteiger partial charge in [0.15, 0.2) is 34.5 Å². The maximum atomic E-state index is 6.25. The first kappa shape index (κ1) is 82.9. The molecule has 25 heteroatoms. The lowest BCUT2D eigenvalue weighted by molar-refractivity contribution is -0.364. The fraction of sp³-hybridized carbons (Fsp3) is 0.410. The molecule has 0 aliphatic heterocycles. The van der Waals surface area contributed by atoms with Crippen molar-refractivity contribution in [3.05, 3.63) is 149 Å². The Kier molecular flexibility index (Phi) is 30.5. The molecule has 0 unspecified atom stereocenters. The van der Waals surface area contributed by atoms with Gasteiger partial charge in [-0.3, -0.25) is 0 Å². The molecule has 9 aromatic carbocycles. The molecule has 0 radical (unpaired) electrons. The first-order chi connectivity index (χ1) is 49.7. The van der Waals surface area contributed by atoms with Crippen LogP contribution in [0.1, 0.15) is 53.1 Å². The van der Waals surface area contributed by atoms with E-state index in [0.29, 0.717) is 104 Å². The van der Waals surface area contributed by atoms with E-state index >= 15 is 0 Å². The van der Waals surface area contributed by atoms with Crippen molar-refractivity contribution in [2.45, 2.75) is 50.3 Å². The van der Waals surface area contributed by atoms with E-state index in [1.807, 2.05) is 103 Å². The van der Waals surface area contributed by atoms with Gasteiger partial charge < -0.3 is 118 Å². The minimum Gasteiger partial charge on any atom is -0.497 e. The highest BCUT2D eigenvalue weighted by atomic mass is 16.9. The summed E-state index contributed by atoms with van der Waals surface area (Å²) >= 11 is 0. The zero-order chi connectivity index (χ0) is 76.0. The average Bonchev–Trinajstić information content (AvgIpc) is 0.769. The predicted octanol–water partition coefficient (Wildman–Crippen LogP) is 14.4. The van der Waals surface area contributed by atoms with Gasteiger partial charge in [-0.25, -0.2) is 0 Å². The number of fused-ring (bicyclic) bond motifs is 4. The number of hydrogen-bond acceptors (Lipinski definition) is 25. The quantitative estimate of drug-likeness (QED) is 0.0357. The van der Waals surface area contributed by atoms with Crippen molar-refractivity contribution in [3.8, 4) is 74.7 Å². The molecule has 0 aliphatic rings. The SMILES string of the molecule is COc1cc(OC)c2c(OC)cc(C(OC)(OC)OC)cc2c1.COc1cc2c(OC)cc(C(OC)(OC)OC)cc2c(C(C)C)c1OC.COc1cc2cc(C(OC)(OC)OC)cc(OCc3ccccc3)c2c(OC)c1OC.COc1cc2cc(C(OC)(OC)OC)ccc2c(OC)c1OC. The zero-order valence-corrected chi connectivity index (χ0v) is 64.0. The molecule has 0 saturated heterocycles. The van der Waals surface area contributed by atoms with Crippen molar-refractivity contribution in [1.29, 1.82) is 0 Å². The summed E-state index contributed by atoms with van der Waals surface area (Å²) < 4.78 is 138. The highest BCUT2D eigenvalue weighted by Gasteiger charge is 2.38. The van der Waals surface area contributed by atoms with Crippen LogP contribution >= 0.6 is 0 Å². The molecular weight excluding hydrogens is 1340 g/mol. The van der Waals surface area contributed by atoms with Gasteiger partial charge in [-0.05, 0) is 106 Å². The van der Waals surface area contributed by atoms with Gasteiger partial charge in [0.25, 0.3) is 0 Å². The van der Waals surface area contributed by atoms with Crippen LogP contribution in [0.15, 0.2) is 115 Å². The van der Waals surface area contributed by atoms with Crippen molar-refractivity contribution in [2.24, 2.45) is 0 Å². The molecule has 0 atom stereocenters. The monoisotopic (exact) mass is 1440 g/mol. The first-order valence-corrected chi connectivity index (χ1v) is 32.0. The Morgan fingerprint density at radius 2 is 0.650 bits per heavy atom. The van der Waals surface area contributed by atoms with Gasteiger partial charge in [0.2, 0.25) is 11.5 Å². The topological polar surface area (TPSA) is 231 Å². The third-order valence-electron chi connectivity index (χ3n) is 17.2. The summed E-state index contributed by atoms with van der Waals surface area (Å²) in [5, 5.41) is 6.83. The van der Waals surface area contributed by atoms with Gasteiger partial charge in [-0.1, -0.05) is 50.2 Å². The molecule has 0 aliphatic carbocycles. The molecule has 9 rings (SSSR count). The smallest absolute Gasteiger partial charge is 0.311 e. The van der Waals surface area contributed by atoms with E-state index in [4.69, 9.17) is 118 Å². The van der Waals surface area contributed by atoms with Crippen LogP contribution in [0.5, 0.6) is 74.7 Å². The summed E-state index contributed by atoms with van der Waals surface area (Å²) in [7, 11) is 37.4. The molecule has 0 bridgehead atoms. The van der Waals surface area contributed by atoms with Crippen LogP contribution in [0.4, 0.5) is 0 Å². The number of hydrogen-bond donors (Lipinski definition) is 0. The van der Waals surface area contributed by atoms with Crippen LogP contribution in [-0.2, 0) is 87.3 Å². The van der Waals surface area contributed by atoms with E-state index in [1.54, 1.807) is 97.5 Å². The maximum Gasteiger partial charge on any atom is 0.311 e. The Labute approximate surface area is 603 Å². The van der Waals surface area contributed by atoms with Gasteiger partial charge in [-0.2, -0.15) is 0 Å². The molecule has 0 saturated carbocycles. The Bertz CT molecular complexity index is 4170. The molecule has 9 aromatic rings. The summed E-state index contributed by atoms with van der Waals surface area (Å²) in [6, 6.07) is 36.1. The van der Waals surface area contributed by atoms with E-state index in [2.05, 4.69) is 13.8 Å². The van der Waals surface area contributed by atoms with Gasteiger partial charge in [-0.15, -0.1) is 0 Å². The lowest BCUT2D eigenvalue weighted by Crippen LogP contribution is -2.33. The van der Waals surface area contributed by atoms with Crippen molar-refractivity contribution in [2.75, 3.05) is 171 Å². The summed E-state index contributed by atoms with van der Waals surface area (Å²) in [6.45, 7) is 4.56. The Morgan fingerprint density at radius 3 is 1.09 bits per heavy atom. The number of ether oxygens (including phenoxy) is 25. The van der Waals surface area contributed by atoms with Crippen molar-refractivity contribution < 1.29 is 118 Å². The fourth-order valence-corrected chi connectivity index (χ4v) is 12.2. The maximum absolute atomic E-state index is 6.25. The van der Waals surface area contributed by atoms with Crippen molar-refractivity contribution in [1.82, 2.24) is 0 Å². The van der Waals surface area contributed by atoms with Crippen LogP contribution < -0.4 is 61.6 Å². The summed E-state index contributed by atoms with van der Waals surface area (Å²) in [4.78, 5) is 0. The average molecular weight is 1440 g/mol. The van der Waals surface area contributed by atoms with Crippen molar-refractivity contribution >= 4 is 43.1 Å². The molecule has 0 spiro atoms. The minimum absolute atomic E-state index is 0.185. The minimum atomic E-state index is -1.40. The normalized spacial score (nSPS) is 11.6. The Morgan fingerprint density at radius 1 is 0.262 bits per heavy atom. The predicted molar refractivity (Wildman–Crippen MR) is 390 cm³/mol. The molecule has 0 fully saturated rings. The highest BCUT2D eigenvalue weighted by molar-refractivity contribution is 5.99. The highest BCUT2D eigenvalue weighted by Crippen LogP contribution is 2.51. The van der Waals surface area contributed by atoms with Crippen molar-refractivity contribution in [3.63, 3.8) is 0 Å². The van der Waals surface area contributed by atoms with Crippen LogP contribution in [0, 0.1) is 0 Å². The van der Waals surface area contributed by atoms with Crippen LogP contribution in [0.2, 0.25) is 0 Å². The van der Waals surface area contributed by atoms with E-state index in [1.165, 1.54) is 85.3 Å². The lowest BCUT2D eigenvalue weighted by Gasteiger charge is -2.30. The molecule has 0 amide bonds. The summed E-state index contributed by atoms with van der Waals surface area (Å²) in [5.41, 5.74) is 4.71. The molecule has 0 heterocycles. The van der Waals surface area contributed by atoms with Gasteiger partial charge in [0, 0.05) is 130 Å². The number of rotatable bonds is 32. The molecular formula is C78H100O25. The third-order valence-corrected chi connectivity index (χ3v) is 17.2. The second-order valence-electron chi connectivity index (χ2n) is 22.3. The standard InChI is InChI=1S/C24H28O7.C20H28O6.2C17H22O6/c1-25-20-13-17-12-18(24(28-4,29-5)30-6)14-19(21(17)23(27-3)22(20)26-2)31-15-16-10-8-7-9-11-16;1-12(2)18-15-9-13(20(24-6,25-7)26-8)10-16(21-3)14(15)11-17(22-4)19(18)23-5;1-18-13-8-11-7-12(17(21-4,22-5)23-6)9-14(19-2)16(11)15(10-13)20-3;1-18-14-10-11-9-12(17(21-4,22-5)23-6)7-8-13(11)15(19-2)16(14)20-3/h7-14H,15H2,1-6H3;9-12H,1-8H3;2*7-10H,1-6H3. The molecule has 103 heavy (non-hydrogen) atoms. The third kappa shape index (κ3) is 17.0. The second kappa shape index (κ2) is 37.9. The van der Waals surface area contributed by atoms with Gasteiger partial charge >= 0.3 is 23.9 Å². The zero-order valence-electron chi connectivity index (χ0n) is 64.0. The van der Waals surface area contributed by atoms with Gasteiger partial charge in [0.1, 0.15) is 35.4 Å². The van der Waals surface area contributed by atoms with Gasteiger partial charge in [0.05, 0.1) is 96.1 Å². The number of benzene rings is 9. The van der Waals surface area contributed by atoms with E-state index in [0.717, 1.165) is 54.2 Å². The molecule has 0 N–H and O–H groups in total. The molecule has 25 nitrogen and oxygen atoms in total. The Hall–Kier alpha value is -9.06. The summed E-state index contributed by atoms with van der Waals surface area (Å²) in [6.07, 6.45) is 0. The van der Waals surface area contributed by atoms with Crippen LogP contribution in [-0.4, -0.2) is 171 Å². The Balaban J connectivity index is 0.000000217. The lowest BCUT2D eigenvalue weighted by atomic mass is 9.92. The molecule has 0 aromatic heterocycles. The van der Waals surface area contributed by atoms with E-state index in [9.17, 15) is 0 Å². The van der Waals surface area contributed by atoms with E-state index < -0.39 is 23.9 Å². The fourth-order valence-electron chi connectivity index (χ4n) is 12.2. The number of methoxy groups -OCH3 is 24. The largest absolute Gasteiger partial charge is 0.497 e. The van der Waals surface area contributed by atoms with E-state index in [-0.39, 0.29) is 5.92 Å².